The molecule has 2 heteroatoms. The summed E-state index contributed by atoms with van der Waals surface area (Å²) in [5.74, 6) is 1.38. The third kappa shape index (κ3) is 0.830. The monoisotopic (exact) mass is 210 g/mol. The van der Waals surface area contributed by atoms with Crippen LogP contribution in [0.25, 0.3) is 11.6 Å². The molecular weight excluding hydrogens is 200 g/mol. The van der Waals surface area contributed by atoms with Crippen molar-refractivity contribution in [3.8, 4) is 0 Å². The average Bonchev–Trinajstić information content (AvgIpc) is 2.96. The zero-order valence-corrected chi connectivity index (χ0v) is 8.60. The lowest BCUT2D eigenvalue weighted by Gasteiger charge is -2.21. The molecule has 0 aromatic heterocycles. The number of ether oxygens (including phenoxy) is 1. The zero-order chi connectivity index (χ0) is 10.8. The molecular formula is C14H10O2. The molecule has 1 heterocycles. The van der Waals surface area contributed by atoms with Gasteiger partial charge in [0.2, 0.25) is 0 Å². The Kier molecular flexibility index (Phi) is 1.24. The Bertz CT molecular complexity index is 593. The standard InChI is InChI=1S/C14H10O2/c15-10-5-6-12-11-4-2-1-3-9(11)7-13-14(12,8-10)16-13/h1-7,15H,8H2. The topological polar surface area (TPSA) is 32.8 Å². The Hall–Kier alpha value is -1.96. The highest BCUT2D eigenvalue weighted by Crippen LogP contribution is 2.59. The molecule has 0 radical (unpaired) electrons. The first-order chi connectivity index (χ1) is 7.79. The highest BCUT2D eigenvalue weighted by molar-refractivity contribution is 5.91. The summed E-state index contributed by atoms with van der Waals surface area (Å²) in [7, 11) is 0. The smallest absolute Gasteiger partial charge is 0.198 e. The Morgan fingerprint density at radius 1 is 1.19 bits per heavy atom. The maximum atomic E-state index is 9.60. The van der Waals surface area contributed by atoms with E-state index in [1.807, 2.05) is 18.2 Å². The highest BCUT2D eigenvalue weighted by atomic mass is 16.6. The van der Waals surface area contributed by atoms with Crippen molar-refractivity contribution >= 4 is 11.6 Å². The summed E-state index contributed by atoms with van der Waals surface area (Å²) in [4.78, 5) is 0. The summed E-state index contributed by atoms with van der Waals surface area (Å²) in [6, 6.07) is 8.26. The van der Waals surface area contributed by atoms with Crippen LogP contribution < -0.4 is 0 Å². The van der Waals surface area contributed by atoms with Crippen molar-refractivity contribution in [3.63, 3.8) is 0 Å². The van der Waals surface area contributed by atoms with Crippen molar-refractivity contribution in [2.75, 3.05) is 0 Å². The second-order valence-electron chi connectivity index (χ2n) is 4.44. The molecule has 1 aromatic rings. The van der Waals surface area contributed by atoms with E-state index >= 15 is 0 Å². The van der Waals surface area contributed by atoms with Crippen molar-refractivity contribution in [2.45, 2.75) is 12.0 Å². The normalized spacial score (nSPS) is 28.6. The Balaban J connectivity index is 2.01. The van der Waals surface area contributed by atoms with Crippen LogP contribution in [0.15, 0.2) is 47.9 Å². The number of epoxide rings is 1. The first kappa shape index (κ1) is 8.22. The molecule has 1 N–H and O–H groups in total. The second kappa shape index (κ2) is 2.40. The van der Waals surface area contributed by atoms with Gasteiger partial charge in [0.1, 0.15) is 5.76 Å². The van der Waals surface area contributed by atoms with E-state index in [0.29, 0.717) is 12.2 Å². The molecule has 1 unspecified atom stereocenters. The quantitative estimate of drug-likeness (QED) is 0.667. The molecule has 1 fully saturated rings. The van der Waals surface area contributed by atoms with Gasteiger partial charge in [0.25, 0.3) is 0 Å². The minimum Gasteiger partial charge on any atom is -0.512 e. The number of fused-ring (bicyclic) bond motifs is 2. The van der Waals surface area contributed by atoms with Gasteiger partial charge in [0, 0.05) is 5.57 Å². The molecule has 16 heavy (non-hydrogen) atoms. The van der Waals surface area contributed by atoms with E-state index in [1.54, 1.807) is 6.08 Å². The predicted octanol–water partition coefficient (Wildman–Crippen LogP) is 3.04. The molecule has 2 aliphatic carbocycles. The Morgan fingerprint density at radius 3 is 3.00 bits per heavy atom. The Labute approximate surface area is 93.2 Å². The summed E-state index contributed by atoms with van der Waals surface area (Å²) in [5, 5.41) is 9.60. The van der Waals surface area contributed by atoms with Crippen LogP contribution in [0.3, 0.4) is 0 Å². The molecule has 1 aromatic carbocycles. The second-order valence-corrected chi connectivity index (χ2v) is 4.44. The van der Waals surface area contributed by atoms with Gasteiger partial charge in [-0.15, -0.1) is 0 Å². The molecule has 1 saturated heterocycles. The predicted molar refractivity (Wildman–Crippen MR) is 61.5 cm³/mol. The first-order valence-electron chi connectivity index (χ1n) is 5.40. The average molecular weight is 210 g/mol. The van der Waals surface area contributed by atoms with Crippen molar-refractivity contribution < 1.29 is 9.84 Å². The molecule has 1 spiro atoms. The summed E-state index contributed by atoms with van der Waals surface area (Å²) < 4.78 is 5.71. The van der Waals surface area contributed by atoms with Crippen molar-refractivity contribution in [3.05, 3.63) is 59.1 Å². The lowest BCUT2D eigenvalue weighted by molar-refractivity contribution is 0.309. The number of aliphatic hydroxyl groups excluding tert-OH is 1. The minimum atomic E-state index is -0.340. The number of allylic oxidation sites excluding steroid dienone is 2. The molecule has 1 aliphatic heterocycles. The zero-order valence-electron chi connectivity index (χ0n) is 8.60. The number of aliphatic hydroxyl groups is 1. The van der Waals surface area contributed by atoms with Gasteiger partial charge in [-0.3, -0.25) is 0 Å². The lowest BCUT2D eigenvalue weighted by atomic mass is 9.79. The van der Waals surface area contributed by atoms with Crippen molar-refractivity contribution in [1.82, 2.24) is 0 Å². The van der Waals surface area contributed by atoms with Crippen LogP contribution in [0.1, 0.15) is 17.5 Å². The first-order valence-corrected chi connectivity index (χ1v) is 5.40. The SMILES string of the molecule is OC1=CC=C2c3ccccc3C=C3OC32C1. The van der Waals surface area contributed by atoms with Gasteiger partial charge in [-0.1, -0.05) is 30.3 Å². The molecule has 1 atom stereocenters. The number of rotatable bonds is 0. The van der Waals surface area contributed by atoms with Gasteiger partial charge in [-0.05, 0) is 23.3 Å². The van der Waals surface area contributed by atoms with Gasteiger partial charge in [-0.25, -0.2) is 0 Å². The van der Waals surface area contributed by atoms with E-state index in [0.717, 1.165) is 5.76 Å². The molecule has 78 valence electrons. The van der Waals surface area contributed by atoms with Crippen LogP contribution in [0.4, 0.5) is 0 Å². The van der Waals surface area contributed by atoms with Gasteiger partial charge >= 0.3 is 0 Å². The fourth-order valence-corrected chi connectivity index (χ4v) is 2.66. The maximum Gasteiger partial charge on any atom is 0.198 e. The van der Waals surface area contributed by atoms with Crippen LogP contribution in [0.2, 0.25) is 0 Å². The van der Waals surface area contributed by atoms with E-state index in [4.69, 9.17) is 4.74 Å². The van der Waals surface area contributed by atoms with E-state index in [2.05, 4.69) is 18.2 Å². The van der Waals surface area contributed by atoms with Crippen molar-refractivity contribution in [1.29, 1.82) is 0 Å². The molecule has 2 nitrogen and oxygen atoms in total. The number of benzene rings is 1. The largest absolute Gasteiger partial charge is 0.512 e. The molecule has 0 saturated carbocycles. The third-order valence-corrected chi connectivity index (χ3v) is 3.49. The van der Waals surface area contributed by atoms with Gasteiger partial charge in [0.05, 0.1) is 12.2 Å². The number of hydrogen-bond acceptors (Lipinski definition) is 2. The van der Waals surface area contributed by atoms with E-state index in [1.165, 1.54) is 16.7 Å². The van der Waals surface area contributed by atoms with Crippen LogP contribution in [-0.4, -0.2) is 10.7 Å². The fourth-order valence-electron chi connectivity index (χ4n) is 2.66. The van der Waals surface area contributed by atoms with Gasteiger partial charge < -0.3 is 9.84 Å². The van der Waals surface area contributed by atoms with E-state index < -0.39 is 0 Å². The van der Waals surface area contributed by atoms with Crippen LogP contribution in [0, 0.1) is 0 Å². The fraction of sp³-hybridized carbons (Fsp3) is 0.143. The molecule has 3 aliphatic rings. The summed E-state index contributed by atoms with van der Waals surface area (Å²) in [6.45, 7) is 0. The van der Waals surface area contributed by atoms with Crippen LogP contribution in [-0.2, 0) is 4.74 Å². The lowest BCUT2D eigenvalue weighted by Crippen LogP contribution is -2.19. The van der Waals surface area contributed by atoms with Crippen molar-refractivity contribution in [2.24, 2.45) is 0 Å². The van der Waals surface area contributed by atoms with Crippen LogP contribution in [0.5, 0.6) is 0 Å². The molecule has 0 amide bonds. The molecule has 0 bridgehead atoms. The molecule has 4 rings (SSSR count). The summed E-state index contributed by atoms with van der Waals surface area (Å²) in [6.07, 6.45) is 6.38. The Morgan fingerprint density at radius 2 is 2.06 bits per heavy atom. The highest BCUT2D eigenvalue weighted by Gasteiger charge is 2.59. The van der Waals surface area contributed by atoms with Gasteiger partial charge in [-0.2, -0.15) is 0 Å². The third-order valence-electron chi connectivity index (χ3n) is 3.49. The van der Waals surface area contributed by atoms with E-state index in [9.17, 15) is 5.11 Å². The van der Waals surface area contributed by atoms with E-state index in [-0.39, 0.29) is 5.60 Å². The number of hydrogen-bond donors (Lipinski definition) is 1. The summed E-state index contributed by atoms with van der Waals surface area (Å²) in [5.41, 5.74) is 3.25. The minimum absolute atomic E-state index is 0.340. The summed E-state index contributed by atoms with van der Waals surface area (Å²) >= 11 is 0. The maximum absolute atomic E-state index is 9.60. The van der Waals surface area contributed by atoms with Crippen LogP contribution >= 0.6 is 0 Å². The van der Waals surface area contributed by atoms with Gasteiger partial charge in [0.15, 0.2) is 5.60 Å².